The van der Waals surface area contributed by atoms with E-state index >= 15 is 0 Å². The summed E-state index contributed by atoms with van der Waals surface area (Å²) < 4.78 is 11.3. The summed E-state index contributed by atoms with van der Waals surface area (Å²) in [6, 6.07) is 0. The lowest BCUT2D eigenvalue weighted by atomic mass is 9.95. The van der Waals surface area contributed by atoms with E-state index in [2.05, 4.69) is 13.8 Å². The zero-order valence-electron chi connectivity index (χ0n) is 22.8. The highest BCUT2D eigenvalue weighted by molar-refractivity contribution is 5.70. The molecule has 0 unspecified atom stereocenters. The van der Waals surface area contributed by atoms with Crippen molar-refractivity contribution in [3.05, 3.63) is 0 Å². The number of carbonyl (C=O) groups excluding carboxylic acids is 2. The van der Waals surface area contributed by atoms with E-state index in [0.717, 1.165) is 51.4 Å². The molecule has 0 heterocycles. The molecule has 1 aliphatic rings. The van der Waals surface area contributed by atoms with Gasteiger partial charge >= 0.3 is 11.9 Å². The zero-order chi connectivity index (χ0) is 24.7. The maximum atomic E-state index is 12.1. The minimum atomic E-state index is -0.0474. The highest BCUT2D eigenvalue weighted by Crippen LogP contribution is 2.25. The number of rotatable bonds is 22. The Hall–Kier alpha value is -1.06. The van der Waals surface area contributed by atoms with Crippen molar-refractivity contribution in [2.75, 3.05) is 0 Å². The summed E-state index contributed by atoms with van der Waals surface area (Å²) in [6.45, 7) is 4.50. The van der Waals surface area contributed by atoms with Gasteiger partial charge in [-0.3, -0.25) is 9.59 Å². The molecule has 0 bridgehead atoms. The van der Waals surface area contributed by atoms with Crippen LogP contribution in [0.3, 0.4) is 0 Å². The number of unbranched alkanes of at least 4 members (excludes halogenated alkanes) is 16. The molecule has 0 aromatic heterocycles. The van der Waals surface area contributed by atoms with E-state index in [1.54, 1.807) is 0 Å². The van der Waals surface area contributed by atoms with Gasteiger partial charge in [-0.15, -0.1) is 0 Å². The summed E-state index contributed by atoms with van der Waals surface area (Å²) in [5.41, 5.74) is 0. The van der Waals surface area contributed by atoms with Gasteiger partial charge in [0.05, 0.1) is 0 Å². The Bertz CT molecular complexity index is 438. The monoisotopic (exact) mass is 480 g/mol. The van der Waals surface area contributed by atoms with E-state index in [1.807, 2.05) is 0 Å². The smallest absolute Gasteiger partial charge is 0.306 e. The Kier molecular flexibility index (Phi) is 20.4. The second kappa shape index (κ2) is 22.4. The van der Waals surface area contributed by atoms with Crippen LogP contribution in [-0.2, 0) is 19.1 Å². The predicted molar refractivity (Wildman–Crippen MR) is 142 cm³/mol. The van der Waals surface area contributed by atoms with Gasteiger partial charge in [-0.05, 0) is 38.5 Å². The lowest BCUT2D eigenvalue weighted by molar-refractivity contribution is -0.158. The van der Waals surface area contributed by atoms with Crippen LogP contribution >= 0.6 is 0 Å². The van der Waals surface area contributed by atoms with Crippen LogP contribution in [0, 0.1) is 0 Å². The first-order valence-corrected chi connectivity index (χ1v) is 15.0. The topological polar surface area (TPSA) is 52.6 Å². The molecule has 4 nitrogen and oxygen atoms in total. The Morgan fingerprint density at radius 1 is 0.471 bits per heavy atom. The Labute approximate surface area is 211 Å². The second-order valence-electron chi connectivity index (χ2n) is 10.5. The average molecular weight is 481 g/mol. The number of esters is 2. The number of ether oxygens (including phenoxy) is 2. The van der Waals surface area contributed by atoms with Crippen LogP contribution in [0.5, 0.6) is 0 Å². The molecule has 1 rings (SSSR count). The molecule has 0 aliphatic heterocycles. The van der Waals surface area contributed by atoms with Crippen LogP contribution in [0.15, 0.2) is 0 Å². The normalized spacial score (nSPS) is 18.1. The molecule has 0 spiro atoms. The number of hydrogen-bond donors (Lipinski definition) is 0. The molecule has 0 aromatic carbocycles. The van der Waals surface area contributed by atoms with E-state index in [0.29, 0.717) is 12.8 Å². The Balaban J connectivity index is 1.94. The molecule has 0 atom stereocenters. The summed E-state index contributed by atoms with van der Waals surface area (Å²) in [5, 5.41) is 0. The molecule has 1 saturated carbocycles. The van der Waals surface area contributed by atoms with E-state index in [1.165, 1.54) is 89.9 Å². The standard InChI is InChI=1S/C30H56O4/c1-3-5-7-9-11-13-15-17-19-21-29(31)33-27-23-25-28(26-24-27)34-30(32)22-20-18-16-14-12-10-8-6-4-2/h27-28H,3-26H2,1-2H3. The van der Waals surface area contributed by atoms with E-state index in [9.17, 15) is 9.59 Å². The van der Waals surface area contributed by atoms with E-state index in [4.69, 9.17) is 9.47 Å². The van der Waals surface area contributed by atoms with Crippen LogP contribution < -0.4 is 0 Å². The molecule has 0 amide bonds. The molecule has 1 aliphatic carbocycles. The molecule has 200 valence electrons. The first kappa shape index (κ1) is 31.0. The van der Waals surface area contributed by atoms with Crippen LogP contribution in [0.2, 0.25) is 0 Å². The van der Waals surface area contributed by atoms with Gasteiger partial charge in [-0.2, -0.15) is 0 Å². The zero-order valence-corrected chi connectivity index (χ0v) is 22.8. The summed E-state index contributed by atoms with van der Waals surface area (Å²) in [5.74, 6) is -0.0949. The number of carbonyl (C=O) groups is 2. The molecule has 0 saturated heterocycles. The van der Waals surface area contributed by atoms with Crippen molar-refractivity contribution in [1.29, 1.82) is 0 Å². The SMILES string of the molecule is CCCCCCCCCCCC(=O)OC1CCC(OC(=O)CCCCCCCCCCC)CC1. The van der Waals surface area contributed by atoms with Crippen molar-refractivity contribution in [3.63, 3.8) is 0 Å². The van der Waals surface area contributed by atoms with Gasteiger partial charge < -0.3 is 9.47 Å². The largest absolute Gasteiger partial charge is 0.462 e. The maximum Gasteiger partial charge on any atom is 0.306 e. The van der Waals surface area contributed by atoms with Crippen LogP contribution in [0.1, 0.15) is 168 Å². The predicted octanol–water partition coefficient (Wildman–Crippen LogP) is 9.23. The van der Waals surface area contributed by atoms with Gasteiger partial charge in [0.25, 0.3) is 0 Å². The van der Waals surface area contributed by atoms with E-state index < -0.39 is 0 Å². The highest BCUT2D eigenvalue weighted by atomic mass is 16.6. The van der Waals surface area contributed by atoms with Gasteiger partial charge in [0, 0.05) is 12.8 Å². The fraction of sp³-hybridized carbons (Fsp3) is 0.933. The van der Waals surface area contributed by atoms with Crippen molar-refractivity contribution < 1.29 is 19.1 Å². The van der Waals surface area contributed by atoms with Gasteiger partial charge in [0.15, 0.2) is 0 Å². The lowest BCUT2D eigenvalue weighted by Gasteiger charge is -2.28. The second-order valence-corrected chi connectivity index (χ2v) is 10.5. The molecule has 0 radical (unpaired) electrons. The molecule has 34 heavy (non-hydrogen) atoms. The molecular weight excluding hydrogens is 424 g/mol. The Morgan fingerprint density at radius 3 is 1.03 bits per heavy atom. The summed E-state index contributed by atoms with van der Waals surface area (Å²) in [4.78, 5) is 24.3. The third-order valence-electron chi connectivity index (χ3n) is 7.19. The molecule has 0 N–H and O–H groups in total. The molecular formula is C30H56O4. The maximum absolute atomic E-state index is 12.1. The third-order valence-corrected chi connectivity index (χ3v) is 7.19. The average Bonchev–Trinajstić information content (AvgIpc) is 2.83. The quantitative estimate of drug-likeness (QED) is 0.114. The van der Waals surface area contributed by atoms with Gasteiger partial charge in [-0.25, -0.2) is 0 Å². The van der Waals surface area contributed by atoms with Gasteiger partial charge in [-0.1, -0.05) is 117 Å². The van der Waals surface area contributed by atoms with Crippen LogP contribution in [0.25, 0.3) is 0 Å². The summed E-state index contributed by atoms with van der Waals surface area (Å²) in [7, 11) is 0. The summed E-state index contributed by atoms with van der Waals surface area (Å²) >= 11 is 0. The van der Waals surface area contributed by atoms with Crippen molar-refractivity contribution >= 4 is 11.9 Å². The number of hydrogen-bond acceptors (Lipinski definition) is 4. The fourth-order valence-electron chi connectivity index (χ4n) is 4.92. The van der Waals surface area contributed by atoms with Gasteiger partial charge in [0.1, 0.15) is 12.2 Å². The van der Waals surface area contributed by atoms with Crippen LogP contribution in [-0.4, -0.2) is 24.1 Å². The van der Waals surface area contributed by atoms with Crippen LogP contribution in [0.4, 0.5) is 0 Å². The molecule has 0 aromatic rings. The summed E-state index contributed by atoms with van der Waals surface area (Å²) in [6.07, 6.45) is 27.0. The fourth-order valence-corrected chi connectivity index (χ4v) is 4.92. The highest BCUT2D eigenvalue weighted by Gasteiger charge is 2.26. The molecule has 4 heteroatoms. The first-order valence-electron chi connectivity index (χ1n) is 15.0. The van der Waals surface area contributed by atoms with Crippen molar-refractivity contribution in [1.82, 2.24) is 0 Å². The van der Waals surface area contributed by atoms with Crippen molar-refractivity contribution in [2.24, 2.45) is 0 Å². The molecule has 1 fully saturated rings. The first-order chi connectivity index (χ1) is 16.7. The van der Waals surface area contributed by atoms with Gasteiger partial charge in [0.2, 0.25) is 0 Å². The van der Waals surface area contributed by atoms with E-state index in [-0.39, 0.29) is 24.1 Å². The third kappa shape index (κ3) is 18.3. The van der Waals surface area contributed by atoms with Crippen molar-refractivity contribution in [2.45, 2.75) is 180 Å². The lowest BCUT2D eigenvalue weighted by Crippen LogP contribution is -2.29. The van der Waals surface area contributed by atoms with Crippen molar-refractivity contribution in [3.8, 4) is 0 Å². The Morgan fingerprint density at radius 2 is 0.735 bits per heavy atom. The minimum Gasteiger partial charge on any atom is -0.462 e. The minimum absolute atomic E-state index is 0.0124.